The summed E-state index contributed by atoms with van der Waals surface area (Å²) in [6, 6.07) is 9.45. The Bertz CT molecular complexity index is 864. The van der Waals surface area contributed by atoms with Gasteiger partial charge in [-0.25, -0.2) is 4.39 Å². The lowest BCUT2D eigenvalue weighted by atomic mass is 10.0. The van der Waals surface area contributed by atoms with Crippen LogP contribution in [0.4, 0.5) is 4.39 Å². The maximum Gasteiger partial charge on any atom is 0.267 e. The van der Waals surface area contributed by atoms with Crippen LogP contribution in [0.5, 0.6) is 0 Å². The maximum absolute atomic E-state index is 13.7. The molecule has 0 aliphatic rings. The van der Waals surface area contributed by atoms with Crippen molar-refractivity contribution < 1.29 is 18.7 Å². The van der Waals surface area contributed by atoms with Crippen LogP contribution in [-0.4, -0.2) is 22.5 Å². The van der Waals surface area contributed by atoms with E-state index < -0.39 is 17.3 Å². The van der Waals surface area contributed by atoms with Crippen molar-refractivity contribution >= 4 is 16.8 Å². The summed E-state index contributed by atoms with van der Waals surface area (Å²) in [5.41, 5.74) is -0.554. The molecule has 2 heterocycles. The summed E-state index contributed by atoms with van der Waals surface area (Å²) >= 11 is 0. The molecule has 1 amide bonds. The number of aromatic amines is 1. The number of carbonyl (C=O) groups excluding carboxylic acids is 1. The number of aryl methyl sites for hydroxylation is 1. The molecule has 0 bridgehead atoms. The van der Waals surface area contributed by atoms with Crippen molar-refractivity contribution in [3.05, 3.63) is 59.4 Å². The van der Waals surface area contributed by atoms with Crippen molar-refractivity contribution in [2.45, 2.75) is 19.4 Å². The third kappa shape index (κ3) is 2.98. The van der Waals surface area contributed by atoms with E-state index in [1.54, 1.807) is 38.1 Å². The fraction of sp³-hybridized carbons (Fsp3) is 0.235. The molecule has 0 aliphatic heterocycles. The van der Waals surface area contributed by atoms with Gasteiger partial charge in [-0.15, -0.1) is 0 Å². The Hall–Kier alpha value is -2.60. The minimum Gasteiger partial charge on any atom is -0.463 e. The van der Waals surface area contributed by atoms with Gasteiger partial charge in [0.2, 0.25) is 0 Å². The van der Waals surface area contributed by atoms with E-state index in [1.165, 1.54) is 12.1 Å². The number of furan rings is 1. The zero-order valence-electron chi connectivity index (χ0n) is 12.8. The van der Waals surface area contributed by atoms with Crippen LogP contribution in [0.15, 0.2) is 40.8 Å². The molecule has 1 unspecified atom stereocenters. The van der Waals surface area contributed by atoms with Gasteiger partial charge < -0.3 is 19.8 Å². The third-order valence-electron chi connectivity index (χ3n) is 3.72. The Morgan fingerprint density at radius 1 is 1.39 bits per heavy atom. The standard InChI is InChI=1S/C17H17FN2O3/c1-10-6-7-15(23-10)17(2,22)9-19-16(21)14-8-11-12(18)4-3-5-13(11)20-14/h3-8,20,22H,9H2,1-2H3,(H,19,21). The van der Waals surface area contributed by atoms with E-state index in [-0.39, 0.29) is 12.2 Å². The quantitative estimate of drug-likeness (QED) is 0.692. The minimum absolute atomic E-state index is 0.0311. The summed E-state index contributed by atoms with van der Waals surface area (Å²) < 4.78 is 19.0. The number of hydrogen-bond acceptors (Lipinski definition) is 3. The van der Waals surface area contributed by atoms with Gasteiger partial charge in [0.05, 0.1) is 6.54 Å². The average Bonchev–Trinajstić information content (AvgIpc) is 3.12. The molecule has 0 fully saturated rings. The molecule has 0 aliphatic carbocycles. The summed E-state index contributed by atoms with van der Waals surface area (Å²) in [6.45, 7) is 3.30. The Balaban J connectivity index is 1.74. The number of aliphatic hydroxyl groups is 1. The van der Waals surface area contributed by atoms with Crippen molar-refractivity contribution in [3.63, 3.8) is 0 Å². The van der Waals surface area contributed by atoms with E-state index in [2.05, 4.69) is 10.3 Å². The lowest BCUT2D eigenvalue weighted by molar-refractivity contribution is 0.0323. The summed E-state index contributed by atoms with van der Waals surface area (Å²) in [6.07, 6.45) is 0. The van der Waals surface area contributed by atoms with E-state index in [0.29, 0.717) is 22.4 Å². The van der Waals surface area contributed by atoms with Crippen LogP contribution >= 0.6 is 0 Å². The van der Waals surface area contributed by atoms with Gasteiger partial charge in [0.25, 0.3) is 5.91 Å². The Kier molecular flexibility index (Phi) is 3.69. The van der Waals surface area contributed by atoms with Gasteiger partial charge in [-0.3, -0.25) is 4.79 Å². The summed E-state index contributed by atoms with van der Waals surface area (Å²) in [7, 11) is 0. The molecule has 3 aromatic rings. The molecule has 1 atom stereocenters. The highest BCUT2D eigenvalue weighted by molar-refractivity contribution is 5.98. The van der Waals surface area contributed by atoms with Crippen LogP contribution in [0.1, 0.15) is 28.9 Å². The lowest BCUT2D eigenvalue weighted by Crippen LogP contribution is -2.38. The second-order valence-corrected chi connectivity index (χ2v) is 5.75. The van der Waals surface area contributed by atoms with Crippen LogP contribution in [0.2, 0.25) is 0 Å². The van der Waals surface area contributed by atoms with Crippen LogP contribution < -0.4 is 5.32 Å². The SMILES string of the molecule is Cc1ccc(C(C)(O)CNC(=O)c2cc3c(F)cccc3[nH]2)o1. The second kappa shape index (κ2) is 5.55. The van der Waals surface area contributed by atoms with Crippen LogP contribution in [0.25, 0.3) is 10.9 Å². The molecule has 3 rings (SSSR count). The van der Waals surface area contributed by atoms with Crippen molar-refractivity contribution in [2.75, 3.05) is 6.54 Å². The van der Waals surface area contributed by atoms with E-state index in [9.17, 15) is 14.3 Å². The zero-order chi connectivity index (χ0) is 16.6. The molecular formula is C17H17FN2O3. The Morgan fingerprint density at radius 3 is 2.83 bits per heavy atom. The van der Waals surface area contributed by atoms with Gasteiger partial charge in [-0.05, 0) is 44.2 Å². The second-order valence-electron chi connectivity index (χ2n) is 5.75. The lowest BCUT2D eigenvalue weighted by Gasteiger charge is -2.21. The topological polar surface area (TPSA) is 78.3 Å². The molecule has 23 heavy (non-hydrogen) atoms. The first-order valence-electron chi connectivity index (χ1n) is 7.21. The third-order valence-corrected chi connectivity index (χ3v) is 3.72. The number of hydrogen-bond donors (Lipinski definition) is 3. The number of rotatable bonds is 4. The molecule has 0 spiro atoms. The molecular weight excluding hydrogens is 299 g/mol. The first kappa shape index (κ1) is 15.3. The van der Waals surface area contributed by atoms with Gasteiger partial charge in [0.1, 0.15) is 28.6 Å². The highest BCUT2D eigenvalue weighted by Crippen LogP contribution is 2.22. The number of fused-ring (bicyclic) bond motifs is 1. The normalized spacial score (nSPS) is 13.9. The number of amides is 1. The number of nitrogens with one attached hydrogen (secondary N) is 2. The highest BCUT2D eigenvalue weighted by atomic mass is 19.1. The first-order valence-corrected chi connectivity index (χ1v) is 7.21. The molecule has 0 saturated heterocycles. The highest BCUT2D eigenvalue weighted by Gasteiger charge is 2.27. The van der Waals surface area contributed by atoms with Gasteiger partial charge in [-0.1, -0.05) is 6.07 Å². The van der Waals surface area contributed by atoms with Crippen LogP contribution in [0.3, 0.4) is 0 Å². The molecule has 3 N–H and O–H groups in total. The largest absolute Gasteiger partial charge is 0.463 e. The number of benzene rings is 1. The van der Waals surface area contributed by atoms with Gasteiger partial charge >= 0.3 is 0 Å². The predicted octanol–water partition coefficient (Wildman–Crippen LogP) is 2.85. The van der Waals surface area contributed by atoms with Crippen LogP contribution in [0, 0.1) is 12.7 Å². The average molecular weight is 316 g/mol. The molecule has 0 saturated carbocycles. The summed E-state index contributed by atoms with van der Waals surface area (Å²) in [5, 5.41) is 13.4. The number of aromatic nitrogens is 1. The number of H-pyrrole nitrogens is 1. The van der Waals surface area contributed by atoms with E-state index >= 15 is 0 Å². The number of halogens is 1. The monoisotopic (exact) mass is 316 g/mol. The first-order chi connectivity index (χ1) is 10.9. The minimum atomic E-state index is -1.33. The van der Waals surface area contributed by atoms with E-state index in [4.69, 9.17) is 4.42 Å². The fourth-order valence-corrected chi connectivity index (χ4v) is 2.40. The summed E-state index contributed by atoms with van der Waals surface area (Å²) in [5.74, 6) is 0.232. The number of carbonyl (C=O) groups is 1. The maximum atomic E-state index is 13.7. The van der Waals surface area contributed by atoms with Crippen molar-refractivity contribution in [3.8, 4) is 0 Å². The smallest absolute Gasteiger partial charge is 0.267 e. The predicted molar refractivity (Wildman–Crippen MR) is 83.6 cm³/mol. The zero-order valence-corrected chi connectivity index (χ0v) is 12.8. The molecule has 6 heteroatoms. The Morgan fingerprint density at radius 2 is 2.17 bits per heavy atom. The van der Waals surface area contributed by atoms with E-state index in [1.807, 2.05) is 0 Å². The molecule has 0 radical (unpaired) electrons. The Labute approximate surface area is 132 Å². The van der Waals surface area contributed by atoms with Gasteiger partial charge in [-0.2, -0.15) is 0 Å². The van der Waals surface area contributed by atoms with Crippen molar-refractivity contribution in [2.24, 2.45) is 0 Å². The van der Waals surface area contributed by atoms with E-state index in [0.717, 1.165) is 0 Å². The van der Waals surface area contributed by atoms with Crippen LogP contribution in [-0.2, 0) is 5.60 Å². The van der Waals surface area contributed by atoms with Gasteiger partial charge in [0, 0.05) is 10.9 Å². The molecule has 1 aromatic carbocycles. The molecule has 120 valence electrons. The van der Waals surface area contributed by atoms with Crippen molar-refractivity contribution in [1.82, 2.24) is 10.3 Å². The molecule has 2 aromatic heterocycles. The summed E-state index contributed by atoms with van der Waals surface area (Å²) in [4.78, 5) is 15.1. The fourth-order valence-electron chi connectivity index (χ4n) is 2.40. The van der Waals surface area contributed by atoms with Gasteiger partial charge in [0.15, 0.2) is 0 Å². The van der Waals surface area contributed by atoms with Crippen molar-refractivity contribution in [1.29, 1.82) is 0 Å². The molecule has 5 nitrogen and oxygen atoms in total.